The standard InChI is InChI=1S/C11H11BrN2/c1-14-9-4-2-3-7(9)10-8(12)5-6-13-11(10)14/h5-6H,2-4H2,1H3/i1D3. The summed E-state index contributed by atoms with van der Waals surface area (Å²) >= 11 is 3.49. The van der Waals surface area contributed by atoms with Gasteiger partial charge < -0.3 is 4.57 Å². The minimum absolute atomic E-state index is 0.573. The molecule has 0 saturated carbocycles. The Hall–Kier alpha value is -0.830. The van der Waals surface area contributed by atoms with Gasteiger partial charge in [-0.1, -0.05) is 0 Å². The third-order valence-electron chi connectivity index (χ3n) is 2.85. The number of rotatable bonds is 0. The first-order valence-corrected chi connectivity index (χ1v) is 5.46. The summed E-state index contributed by atoms with van der Waals surface area (Å²) in [6, 6.07) is 1.87. The third-order valence-corrected chi connectivity index (χ3v) is 3.51. The minimum atomic E-state index is -2.15. The highest BCUT2D eigenvalue weighted by Gasteiger charge is 2.21. The molecule has 0 N–H and O–H groups in total. The van der Waals surface area contributed by atoms with Crippen molar-refractivity contribution in [3.05, 3.63) is 28.0 Å². The zero-order chi connectivity index (χ0) is 12.2. The van der Waals surface area contributed by atoms with Crippen molar-refractivity contribution < 1.29 is 4.11 Å². The first kappa shape index (κ1) is 5.91. The van der Waals surface area contributed by atoms with Crippen molar-refractivity contribution in [2.24, 2.45) is 6.98 Å². The van der Waals surface area contributed by atoms with Gasteiger partial charge in [-0.3, -0.25) is 0 Å². The van der Waals surface area contributed by atoms with Crippen LogP contribution >= 0.6 is 15.9 Å². The lowest BCUT2D eigenvalue weighted by atomic mass is 10.2. The number of nitrogens with zero attached hydrogens (tertiary/aromatic N) is 2. The van der Waals surface area contributed by atoms with E-state index in [4.69, 9.17) is 4.11 Å². The first-order chi connectivity index (χ1) is 8.00. The number of aryl methyl sites for hydroxylation is 2. The van der Waals surface area contributed by atoms with Gasteiger partial charge in [0.15, 0.2) is 0 Å². The van der Waals surface area contributed by atoms with Crippen molar-refractivity contribution in [2.45, 2.75) is 19.3 Å². The number of halogens is 1. The van der Waals surface area contributed by atoms with Gasteiger partial charge in [0.25, 0.3) is 0 Å². The van der Waals surface area contributed by atoms with Gasteiger partial charge in [-0.15, -0.1) is 0 Å². The van der Waals surface area contributed by atoms with Crippen LogP contribution in [-0.2, 0) is 19.8 Å². The normalized spacial score (nSPS) is 19.1. The molecule has 0 bridgehead atoms. The fraction of sp³-hybridized carbons (Fsp3) is 0.364. The molecule has 1 aliphatic rings. The van der Waals surface area contributed by atoms with Crippen LogP contribution in [0.2, 0.25) is 0 Å². The maximum absolute atomic E-state index is 7.65. The summed E-state index contributed by atoms with van der Waals surface area (Å²) in [5, 5.41) is 0.969. The summed E-state index contributed by atoms with van der Waals surface area (Å²) in [6.45, 7) is -2.15. The van der Waals surface area contributed by atoms with E-state index in [0.29, 0.717) is 5.65 Å². The lowest BCUT2D eigenvalue weighted by molar-refractivity contribution is 0.824. The van der Waals surface area contributed by atoms with E-state index in [2.05, 4.69) is 20.9 Å². The van der Waals surface area contributed by atoms with E-state index in [-0.39, 0.29) is 0 Å². The van der Waals surface area contributed by atoms with Crippen molar-refractivity contribution >= 4 is 27.0 Å². The molecule has 0 aromatic carbocycles. The Kier molecular flexibility index (Phi) is 1.19. The van der Waals surface area contributed by atoms with E-state index in [1.165, 1.54) is 4.57 Å². The molecule has 72 valence electrons. The summed E-state index contributed by atoms with van der Waals surface area (Å²) in [6.07, 6.45) is 4.44. The molecule has 14 heavy (non-hydrogen) atoms. The molecular weight excluding hydrogens is 240 g/mol. The third kappa shape index (κ3) is 0.934. The number of hydrogen-bond donors (Lipinski definition) is 0. The van der Waals surface area contributed by atoms with Crippen molar-refractivity contribution in [3.63, 3.8) is 0 Å². The van der Waals surface area contributed by atoms with Crippen LogP contribution < -0.4 is 0 Å². The van der Waals surface area contributed by atoms with E-state index >= 15 is 0 Å². The summed E-state index contributed by atoms with van der Waals surface area (Å²) in [5.74, 6) is 0. The number of fused-ring (bicyclic) bond motifs is 3. The summed E-state index contributed by atoms with van der Waals surface area (Å²) in [5.41, 5.74) is 2.65. The maximum atomic E-state index is 7.65. The molecule has 3 rings (SSSR count). The highest BCUT2D eigenvalue weighted by atomic mass is 79.9. The number of aromatic nitrogens is 2. The van der Waals surface area contributed by atoms with Crippen LogP contribution in [0.5, 0.6) is 0 Å². The summed E-state index contributed by atoms with van der Waals surface area (Å²) < 4.78 is 25.3. The van der Waals surface area contributed by atoms with Crippen LogP contribution in [0, 0.1) is 0 Å². The largest absolute Gasteiger partial charge is 0.332 e. The second-order valence-corrected chi connectivity index (χ2v) is 4.46. The van der Waals surface area contributed by atoms with Crippen LogP contribution in [0.1, 0.15) is 21.8 Å². The Morgan fingerprint density at radius 1 is 1.57 bits per heavy atom. The van der Waals surface area contributed by atoms with Gasteiger partial charge in [0.2, 0.25) is 0 Å². The second-order valence-electron chi connectivity index (χ2n) is 3.61. The van der Waals surface area contributed by atoms with Crippen molar-refractivity contribution in [2.75, 3.05) is 0 Å². The van der Waals surface area contributed by atoms with E-state index in [0.717, 1.165) is 40.4 Å². The average molecular weight is 254 g/mol. The van der Waals surface area contributed by atoms with Gasteiger partial charge in [-0.2, -0.15) is 0 Å². The number of pyridine rings is 1. The van der Waals surface area contributed by atoms with Gasteiger partial charge >= 0.3 is 0 Å². The van der Waals surface area contributed by atoms with Crippen LogP contribution in [0.3, 0.4) is 0 Å². The van der Waals surface area contributed by atoms with Crippen molar-refractivity contribution in [1.29, 1.82) is 0 Å². The lowest BCUT2D eigenvalue weighted by Crippen LogP contribution is -1.94. The van der Waals surface area contributed by atoms with Crippen LogP contribution in [0.15, 0.2) is 16.7 Å². The smallest absolute Gasteiger partial charge is 0.141 e. The van der Waals surface area contributed by atoms with Gasteiger partial charge in [-0.25, -0.2) is 4.98 Å². The van der Waals surface area contributed by atoms with Crippen molar-refractivity contribution in [1.82, 2.24) is 9.55 Å². The molecule has 0 aliphatic heterocycles. The van der Waals surface area contributed by atoms with Crippen LogP contribution in [0.25, 0.3) is 11.0 Å². The Morgan fingerprint density at radius 3 is 3.36 bits per heavy atom. The SMILES string of the molecule is [2H]C([2H])([2H])n1c2c(c3c(Br)ccnc31)CCC2. The number of hydrogen-bond acceptors (Lipinski definition) is 1. The van der Waals surface area contributed by atoms with E-state index < -0.39 is 6.98 Å². The molecule has 3 heteroatoms. The van der Waals surface area contributed by atoms with Gasteiger partial charge in [0.1, 0.15) is 5.65 Å². The lowest BCUT2D eigenvalue weighted by Gasteiger charge is -1.99. The quantitative estimate of drug-likeness (QED) is 0.706. The molecule has 0 spiro atoms. The fourth-order valence-corrected chi connectivity index (χ4v) is 2.78. The highest BCUT2D eigenvalue weighted by molar-refractivity contribution is 9.10. The van der Waals surface area contributed by atoms with Crippen LogP contribution in [-0.4, -0.2) is 9.55 Å². The summed E-state index contributed by atoms with van der Waals surface area (Å²) in [7, 11) is 0. The maximum Gasteiger partial charge on any atom is 0.141 e. The predicted molar refractivity (Wildman–Crippen MR) is 60.4 cm³/mol. The molecule has 2 heterocycles. The molecule has 0 atom stereocenters. The van der Waals surface area contributed by atoms with E-state index in [9.17, 15) is 0 Å². The van der Waals surface area contributed by atoms with Crippen molar-refractivity contribution in [3.8, 4) is 0 Å². The molecule has 2 nitrogen and oxygen atoms in total. The monoisotopic (exact) mass is 253 g/mol. The molecule has 2 aromatic rings. The topological polar surface area (TPSA) is 17.8 Å². The molecule has 0 unspecified atom stereocenters. The minimum Gasteiger partial charge on any atom is -0.332 e. The summed E-state index contributed by atoms with van der Waals surface area (Å²) in [4.78, 5) is 4.24. The van der Waals surface area contributed by atoms with Gasteiger partial charge in [0.05, 0.1) is 0 Å². The highest BCUT2D eigenvalue weighted by Crippen LogP contribution is 2.35. The van der Waals surface area contributed by atoms with E-state index in [1.807, 2.05) is 6.07 Å². The molecule has 0 amide bonds. The molecule has 0 radical (unpaired) electrons. The zero-order valence-electron chi connectivity index (χ0n) is 10.5. The molecular formula is C11H11BrN2. The first-order valence-electron chi connectivity index (χ1n) is 6.17. The van der Waals surface area contributed by atoms with Gasteiger partial charge in [-0.05, 0) is 46.8 Å². The molecule has 0 fully saturated rings. The average Bonchev–Trinajstić information content (AvgIpc) is 2.73. The Morgan fingerprint density at radius 2 is 2.50 bits per heavy atom. The predicted octanol–water partition coefficient (Wildman–Crippen LogP) is 2.82. The van der Waals surface area contributed by atoms with Crippen LogP contribution in [0.4, 0.5) is 0 Å². The van der Waals surface area contributed by atoms with E-state index in [1.54, 1.807) is 6.20 Å². The van der Waals surface area contributed by atoms with Gasteiger partial charge in [0, 0.05) is 32.8 Å². The molecule has 2 aromatic heterocycles. The Labute approximate surface area is 95.3 Å². The fourth-order valence-electron chi connectivity index (χ4n) is 2.25. The Bertz CT molecular complexity index is 601. The molecule has 0 saturated heterocycles. The Balaban J connectivity index is 2.47. The zero-order valence-corrected chi connectivity index (χ0v) is 9.13. The molecule has 1 aliphatic carbocycles. The second kappa shape index (κ2) is 2.83.